The zero-order valence-corrected chi connectivity index (χ0v) is 19.0. The van der Waals surface area contributed by atoms with Crippen LogP contribution in [0.25, 0.3) is 11.2 Å². The molecule has 1 unspecified atom stereocenters. The van der Waals surface area contributed by atoms with E-state index in [1.54, 1.807) is 7.05 Å². The fraction of sp³-hybridized carbons (Fsp3) is 0.292. The molecule has 0 saturated heterocycles. The average Bonchev–Trinajstić information content (AvgIpc) is 3.16. The number of fused-ring (bicyclic) bond motifs is 3. The Balaban J connectivity index is 1.73. The molecule has 32 heavy (non-hydrogen) atoms. The van der Waals surface area contributed by atoms with E-state index in [1.165, 1.54) is 9.13 Å². The van der Waals surface area contributed by atoms with E-state index in [1.807, 2.05) is 60.0 Å². The van der Waals surface area contributed by atoms with Gasteiger partial charge in [0.2, 0.25) is 5.95 Å². The molecule has 1 aliphatic rings. The van der Waals surface area contributed by atoms with E-state index in [-0.39, 0.29) is 23.7 Å². The number of hydrogen-bond donors (Lipinski definition) is 0. The van der Waals surface area contributed by atoms with Gasteiger partial charge in [0.05, 0.1) is 6.54 Å². The molecule has 7 nitrogen and oxygen atoms in total. The van der Waals surface area contributed by atoms with Gasteiger partial charge in [-0.25, -0.2) is 4.79 Å². The summed E-state index contributed by atoms with van der Waals surface area (Å²) in [6.45, 7) is 5.77. The first-order chi connectivity index (χ1) is 15.3. The summed E-state index contributed by atoms with van der Waals surface area (Å²) in [4.78, 5) is 33.6. The fourth-order valence-electron chi connectivity index (χ4n) is 4.44. The molecule has 0 saturated carbocycles. The van der Waals surface area contributed by atoms with Crippen LogP contribution in [-0.4, -0.2) is 25.2 Å². The Kier molecular flexibility index (Phi) is 4.93. The lowest BCUT2D eigenvalue weighted by Crippen LogP contribution is -2.40. The molecule has 0 N–H and O–H groups in total. The molecule has 1 aliphatic heterocycles. The highest BCUT2D eigenvalue weighted by atomic mass is 35.5. The summed E-state index contributed by atoms with van der Waals surface area (Å²) in [6.07, 6.45) is 0. The van der Waals surface area contributed by atoms with Gasteiger partial charge < -0.3 is 9.47 Å². The van der Waals surface area contributed by atoms with Crippen LogP contribution in [0.5, 0.6) is 0 Å². The van der Waals surface area contributed by atoms with Crippen molar-refractivity contribution in [3.05, 3.63) is 85.5 Å². The Hall–Kier alpha value is -3.32. The standard InChI is InChI=1S/C24H24ClN5O2/c1-15-12-28(19-10-8-18(25)9-11-19)23-26-21-20(29(23)13-15)22(31)30(24(32)27(21)3)14-17-7-5-4-6-16(17)2/h4-11,15H,12-14H2,1-3H3. The van der Waals surface area contributed by atoms with Crippen molar-refractivity contribution in [2.45, 2.75) is 26.9 Å². The van der Waals surface area contributed by atoms with E-state index >= 15 is 0 Å². The summed E-state index contributed by atoms with van der Waals surface area (Å²) in [7, 11) is 1.67. The van der Waals surface area contributed by atoms with Gasteiger partial charge in [-0.15, -0.1) is 0 Å². The highest BCUT2D eigenvalue weighted by molar-refractivity contribution is 6.30. The van der Waals surface area contributed by atoms with Crippen LogP contribution in [-0.2, 0) is 20.1 Å². The van der Waals surface area contributed by atoms with E-state index in [0.29, 0.717) is 28.7 Å². The third kappa shape index (κ3) is 3.24. The van der Waals surface area contributed by atoms with E-state index < -0.39 is 0 Å². The number of imidazole rings is 1. The third-order valence-corrected chi connectivity index (χ3v) is 6.42. The van der Waals surface area contributed by atoms with Crippen molar-refractivity contribution >= 4 is 34.4 Å². The molecule has 5 rings (SSSR count). The van der Waals surface area contributed by atoms with Crippen LogP contribution in [0.3, 0.4) is 0 Å². The molecule has 8 heteroatoms. The van der Waals surface area contributed by atoms with E-state index in [0.717, 1.165) is 23.4 Å². The number of aromatic nitrogens is 4. The Bertz CT molecular complexity index is 1450. The second-order valence-electron chi connectivity index (χ2n) is 8.55. The smallest absolute Gasteiger partial charge is 0.312 e. The maximum absolute atomic E-state index is 13.6. The van der Waals surface area contributed by atoms with Crippen LogP contribution >= 0.6 is 11.6 Å². The number of halogens is 1. The maximum Gasteiger partial charge on any atom is 0.332 e. The summed E-state index contributed by atoms with van der Waals surface area (Å²) in [5, 5.41) is 0.661. The minimum Gasteiger partial charge on any atom is -0.312 e. The van der Waals surface area contributed by atoms with E-state index in [9.17, 15) is 9.59 Å². The molecule has 0 spiro atoms. The molecule has 0 bridgehead atoms. The summed E-state index contributed by atoms with van der Waals surface area (Å²) >= 11 is 6.08. The molecule has 4 aromatic rings. The van der Waals surface area contributed by atoms with Crippen molar-refractivity contribution in [3.8, 4) is 0 Å². The van der Waals surface area contributed by atoms with E-state index in [4.69, 9.17) is 16.6 Å². The van der Waals surface area contributed by atoms with Crippen LogP contribution in [0.4, 0.5) is 11.6 Å². The number of hydrogen-bond acceptors (Lipinski definition) is 4. The fourth-order valence-corrected chi connectivity index (χ4v) is 4.57. The monoisotopic (exact) mass is 449 g/mol. The average molecular weight is 450 g/mol. The van der Waals surface area contributed by atoms with Gasteiger partial charge in [0.15, 0.2) is 11.2 Å². The minimum absolute atomic E-state index is 0.227. The molecule has 0 radical (unpaired) electrons. The minimum atomic E-state index is -0.368. The van der Waals surface area contributed by atoms with Gasteiger partial charge in [-0.2, -0.15) is 4.98 Å². The van der Waals surface area contributed by atoms with Crippen LogP contribution in [0.2, 0.25) is 5.02 Å². The molecular formula is C24H24ClN5O2. The zero-order chi connectivity index (χ0) is 22.6. The summed E-state index contributed by atoms with van der Waals surface area (Å²) in [5.41, 5.74) is 3.12. The summed E-state index contributed by atoms with van der Waals surface area (Å²) in [5.74, 6) is 0.957. The van der Waals surface area contributed by atoms with Crippen molar-refractivity contribution in [1.82, 2.24) is 18.7 Å². The molecule has 0 fully saturated rings. The van der Waals surface area contributed by atoms with Crippen molar-refractivity contribution < 1.29 is 0 Å². The molecule has 3 heterocycles. The first-order valence-corrected chi connectivity index (χ1v) is 11.0. The number of anilines is 2. The van der Waals surface area contributed by atoms with Crippen molar-refractivity contribution in [3.63, 3.8) is 0 Å². The topological polar surface area (TPSA) is 65.1 Å². The predicted molar refractivity (Wildman–Crippen MR) is 127 cm³/mol. The second kappa shape index (κ2) is 7.67. The summed E-state index contributed by atoms with van der Waals surface area (Å²) < 4.78 is 4.74. The van der Waals surface area contributed by atoms with Gasteiger partial charge in [0.25, 0.3) is 5.56 Å². The first-order valence-electron chi connectivity index (χ1n) is 10.6. The van der Waals surface area contributed by atoms with E-state index in [2.05, 4.69) is 11.8 Å². The van der Waals surface area contributed by atoms with Gasteiger partial charge in [0.1, 0.15) is 0 Å². The third-order valence-electron chi connectivity index (χ3n) is 6.17. The second-order valence-corrected chi connectivity index (χ2v) is 8.98. The number of aryl methyl sites for hydroxylation is 2. The number of rotatable bonds is 3. The van der Waals surface area contributed by atoms with Crippen molar-refractivity contribution in [2.75, 3.05) is 11.4 Å². The Morgan fingerprint density at radius 2 is 1.78 bits per heavy atom. The van der Waals surface area contributed by atoms with Gasteiger partial charge in [0, 0.05) is 30.8 Å². The SMILES string of the molecule is Cc1ccccc1Cn1c(=O)c2c(nc3n2CC(C)CN3c2ccc(Cl)cc2)n(C)c1=O. The normalized spacial score (nSPS) is 15.9. The highest BCUT2D eigenvalue weighted by Gasteiger charge is 2.29. The lowest BCUT2D eigenvalue weighted by Gasteiger charge is -2.33. The molecule has 2 aromatic heterocycles. The first kappa shape index (κ1) is 20.6. The molecule has 2 aromatic carbocycles. The Labute approximate surface area is 190 Å². The van der Waals surface area contributed by atoms with Gasteiger partial charge in [-0.05, 0) is 48.2 Å². The molecule has 0 aliphatic carbocycles. The van der Waals surface area contributed by atoms with Crippen molar-refractivity contribution in [2.24, 2.45) is 13.0 Å². The van der Waals surface area contributed by atoms with Crippen LogP contribution in [0.1, 0.15) is 18.1 Å². The summed E-state index contributed by atoms with van der Waals surface area (Å²) in [6, 6.07) is 15.4. The predicted octanol–water partition coefficient (Wildman–Crippen LogP) is 3.69. The largest absolute Gasteiger partial charge is 0.332 e. The molecule has 1 atom stereocenters. The lowest BCUT2D eigenvalue weighted by molar-refractivity contribution is 0.458. The number of nitrogens with zero attached hydrogens (tertiary/aromatic N) is 5. The van der Waals surface area contributed by atoms with Crippen LogP contribution < -0.4 is 16.1 Å². The Morgan fingerprint density at radius 3 is 2.50 bits per heavy atom. The zero-order valence-electron chi connectivity index (χ0n) is 18.2. The van der Waals surface area contributed by atoms with Gasteiger partial charge >= 0.3 is 5.69 Å². The lowest BCUT2D eigenvalue weighted by atomic mass is 10.1. The molecule has 164 valence electrons. The molecule has 0 amide bonds. The number of benzene rings is 2. The Morgan fingerprint density at radius 1 is 1.06 bits per heavy atom. The van der Waals surface area contributed by atoms with Crippen molar-refractivity contribution in [1.29, 1.82) is 0 Å². The highest BCUT2D eigenvalue weighted by Crippen LogP contribution is 2.33. The van der Waals surface area contributed by atoms with Gasteiger partial charge in [-0.3, -0.25) is 13.9 Å². The quantitative estimate of drug-likeness (QED) is 0.478. The molecular weight excluding hydrogens is 426 g/mol. The van der Waals surface area contributed by atoms with Crippen LogP contribution in [0, 0.1) is 12.8 Å². The van der Waals surface area contributed by atoms with Gasteiger partial charge in [-0.1, -0.05) is 42.8 Å². The maximum atomic E-state index is 13.6. The van der Waals surface area contributed by atoms with Crippen LogP contribution in [0.15, 0.2) is 58.1 Å².